The van der Waals surface area contributed by atoms with Crippen LogP contribution in [0.15, 0.2) is 35.7 Å². The van der Waals surface area contributed by atoms with Crippen LogP contribution in [0.1, 0.15) is 26.3 Å². The number of rotatable bonds is 5. The molecular weight excluding hydrogens is 279 g/mol. The van der Waals surface area contributed by atoms with Crippen LogP contribution in [0.5, 0.6) is 0 Å². The lowest BCUT2D eigenvalue weighted by Gasteiger charge is -2.33. The normalized spacial score (nSPS) is 12.7. The maximum Gasteiger partial charge on any atom is 0.243 e. The topological polar surface area (TPSA) is 63.4 Å². The fourth-order valence-corrected chi connectivity index (χ4v) is 3.65. The van der Waals surface area contributed by atoms with Crippen LogP contribution in [-0.4, -0.2) is 24.8 Å². The average Bonchev–Trinajstić information content (AvgIpc) is 2.34. The second kappa shape index (κ2) is 6.03. The minimum absolute atomic E-state index is 0.0381. The quantitative estimate of drug-likeness (QED) is 0.848. The van der Waals surface area contributed by atoms with Crippen LogP contribution < -0.4 is 5.73 Å². The summed E-state index contributed by atoms with van der Waals surface area (Å²) >= 11 is 0. The minimum atomic E-state index is -3.73. The van der Waals surface area contributed by atoms with Crippen LogP contribution in [0.2, 0.25) is 0 Å². The third-order valence-electron chi connectivity index (χ3n) is 2.87. The summed E-state index contributed by atoms with van der Waals surface area (Å²) < 4.78 is 40.1. The van der Waals surface area contributed by atoms with Crippen LogP contribution in [0.4, 0.5) is 4.39 Å². The molecule has 1 aromatic rings. The molecule has 0 saturated heterocycles. The van der Waals surface area contributed by atoms with Crippen molar-refractivity contribution in [1.29, 1.82) is 0 Å². The lowest BCUT2D eigenvalue weighted by Crippen LogP contribution is -2.45. The van der Waals surface area contributed by atoms with Gasteiger partial charge in [0.05, 0.1) is 4.90 Å². The first-order chi connectivity index (χ1) is 9.14. The van der Waals surface area contributed by atoms with Crippen molar-refractivity contribution < 1.29 is 12.8 Å². The second-order valence-electron chi connectivity index (χ2n) is 5.45. The highest BCUT2D eigenvalue weighted by atomic mass is 32.2. The number of halogens is 1. The van der Waals surface area contributed by atoms with Gasteiger partial charge >= 0.3 is 0 Å². The third-order valence-corrected chi connectivity index (χ3v) is 4.99. The molecule has 20 heavy (non-hydrogen) atoms. The van der Waals surface area contributed by atoms with Crippen molar-refractivity contribution in [1.82, 2.24) is 4.31 Å². The number of nitrogens with zero attached hydrogens (tertiary/aromatic N) is 1. The van der Waals surface area contributed by atoms with Gasteiger partial charge in [0.15, 0.2) is 0 Å². The van der Waals surface area contributed by atoms with Crippen molar-refractivity contribution >= 4 is 10.0 Å². The van der Waals surface area contributed by atoms with E-state index >= 15 is 0 Å². The molecule has 0 saturated carbocycles. The monoisotopic (exact) mass is 300 g/mol. The van der Waals surface area contributed by atoms with Gasteiger partial charge in [-0.05, 0) is 39.0 Å². The Morgan fingerprint density at radius 3 is 2.45 bits per heavy atom. The summed E-state index contributed by atoms with van der Waals surface area (Å²) in [7, 11) is -3.73. The molecule has 0 fully saturated rings. The lowest BCUT2D eigenvalue weighted by molar-refractivity contribution is 0.270. The Morgan fingerprint density at radius 2 is 2.00 bits per heavy atom. The molecule has 2 N–H and O–H groups in total. The van der Waals surface area contributed by atoms with E-state index in [1.165, 1.54) is 22.5 Å². The molecule has 0 radical (unpaired) electrons. The lowest BCUT2D eigenvalue weighted by atomic mass is 10.1. The SMILES string of the molecule is C=CCN(C(C)(C)C)S(=O)(=O)c1ccc(F)c(CN)c1. The molecule has 0 unspecified atom stereocenters. The van der Waals surface area contributed by atoms with E-state index < -0.39 is 21.4 Å². The largest absolute Gasteiger partial charge is 0.326 e. The number of sulfonamides is 1. The Labute approximate surface area is 120 Å². The number of benzene rings is 1. The molecule has 0 heterocycles. The van der Waals surface area contributed by atoms with Crippen LogP contribution >= 0.6 is 0 Å². The van der Waals surface area contributed by atoms with E-state index in [1.54, 1.807) is 20.8 Å². The summed E-state index contributed by atoms with van der Waals surface area (Å²) in [4.78, 5) is 0.0381. The first-order valence-electron chi connectivity index (χ1n) is 6.27. The van der Waals surface area contributed by atoms with Crippen molar-refractivity contribution in [2.45, 2.75) is 37.8 Å². The molecule has 0 aliphatic rings. The Bertz CT molecular complexity index is 592. The second-order valence-corrected chi connectivity index (χ2v) is 7.32. The van der Waals surface area contributed by atoms with Gasteiger partial charge in [-0.2, -0.15) is 4.31 Å². The highest BCUT2D eigenvalue weighted by Crippen LogP contribution is 2.25. The van der Waals surface area contributed by atoms with Crippen molar-refractivity contribution in [3.8, 4) is 0 Å². The van der Waals surface area contributed by atoms with E-state index in [4.69, 9.17) is 5.73 Å². The molecule has 0 amide bonds. The van der Waals surface area contributed by atoms with Gasteiger partial charge in [0.2, 0.25) is 10.0 Å². The molecule has 112 valence electrons. The van der Waals surface area contributed by atoms with E-state index in [0.29, 0.717) is 0 Å². The van der Waals surface area contributed by atoms with E-state index in [1.807, 2.05) is 0 Å². The molecule has 1 aromatic carbocycles. The summed E-state index contributed by atoms with van der Waals surface area (Å²) in [5.41, 5.74) is 4.99. The molecule has 0 atom stereocenters. The fraction of sp³-hybridized carbons (Fsp3) is 0.429. The first-order valence-corrected chi connectivity index (χ1v) is 7.71. The van der Waals surface area contributed by atoms with E-state index in [9.17, 15) is 12.8 Å². The van der Waals surface area contributed by atoms with Gasteiger partial charge in [-0.15, -0.1) is 6.58 Å². The Morgan fingerprint density at radius 1 is 1.40 bits per heavy atom. The van der Waals surface area contributed by atoms with Crippen LogP contribution in [0.25, 0.3) is 0 Å². The Kier molecular flexibility index (Phi) is 5.07. The molecule has 0 bridgehead atoms. The van der Waals surface area contributed by atoms with Crippen LogP contribution in [0, 0.1) is 5.82 Å². The van der Waals surface area contributed by atoms with Crippen LogP contribution in [0.3, 0.4) is 0 Å². The van der Waals surface area contributed by atoms with Gasteiger partial charge in [0.1, 0.15) is 5.82 Å². The average molecular weight is 300 g/mol. The van der Waals surface area contributed by atoms with Gasteiger partial charge in [0, 0.05) is 24.2 Å². The van der Waals surface area contributed by atoms with Gasteiger partial charge in [-0.3, -0.25) is 0 Å². The van der Waals surface area contributed by atoms with Gasteiger partial charge in [-0.25, -0.2) is 12.8 Å². The Hall–Kier alpha value is -1.24. The number of hydrogen-bond acceptors (Lipinski definition) is 3. The molecule has 0 aliphatic carbocycles. The van der Waals surface area contributed by atoms with Gasteiger partial charge < -0.3 is 5.73 Å². The van der Waals surface area contributed by atoms with E-state index in [-0.39, 0.29) is 23.5 Å². The van der Waals surface area contributed by atoms with Crippen molar-refractivity contribution in [2.75, 3.05) is 6.54 Å². The molecule has 0 aliphatic heterocycles. The molecule has 0 aromatic heterocycles. The van der Waals surface area contributed by atoms with Gasteiger partial charge in [0.25, 0.3) is 0 Å². The highest BCUT2D eigenvalue weighted by molar-refractivity contribution is 7.89. The minimum Gasteiger partial charge on any atom is -0.326 e. The molecule has 4 nitrogen and oxygen atoms in total. The first kappa shape index (κ1) is 16.8. The predicted molar refractivity (Wildman–Crippen MR) is 78.1 cm³/mol. The van der Waals surface area contributed by atoms with E-state index in [0.717, 1.165) is 6.07 Å². The standard InChI is InChI=1S/C14H21FN2O2S/c1-5-8-17(14(2,3)4)20(18,19)12-6-7-13(15)11(9-12)10-16/h5-7,9H,1,8,10,16H2,2-4H3. The zero-order valence-electron chi connectivity index (χ0n) is 12.1. The van der Waals surface area contributed by atoms with Crippen molar-refractivity contribution in [2.24, 2.45) is 5.73 Å². The maximum atomic E-state index is 13.4. The zero-order valence-corrected chi connectivity index (χ0v) is 12.9. The van der Waals surface area contributed by atoms with E-state index in [2.05, 4.69) is 6.58 Å². The van der Waals surface area contributed by atoms with Gasteiger partial charge in [-0.1, -0.05) is 6.08 Å². The predicted octanol–water partition coefficient (Wildman–Crippen LogP) is 2.26. The fourth-order valence-electron chi connectivity index (χ4n) is 1.85. The number of hydrogen-bond donors (Lipinski definition) is 1. The molecular formula is C14H21FN2O2S. The van der Waals surface area contributed by atoms with Crippen molar-refractivity contribution in [3.63, 3.8) is 0 Å². The third kappa shape index (κ3) is 3.45. The van der Waals surface area contributed by atoms with Crippen LogP contribution in [-0.2, 0) is 16.6 Å². The molecule has 6 heteroatoms. The highest BCUT2D eigenvalue weighted by Gasteiger charge is 2.33. The summed E-state index contributed by atoms with van der Waals surface area (Å²) in [6, 6.07) is 3.67. The smallest absolute Gasteiger partial charge is 0.243 e. The Balaban J connectivity index is 3.37. The molecule has 1 rings (SSSR count). The van der Waals surface area contributed by atoms with Crippen molar-refractivity contribution in [3.05, 3.63) is 42.2 Å². The summed E-state index contributed by atoms with van der Waals surface area (Å²) in [6.07, 6.45) is 1.52. The maximum absolute atomic E-state index is 13.4. The summed E-state index contributed by atoms with van der Waals surface area (Å²) in [5.74, 6) is -0.502. The summed E-state index contributed by atoms with van der Waals surface area (Å²) in [5, 5.41) is 0. The molecule has 0 spiro atoms. The zero-order chi connectivity index (χ0) is 15.6. The number of nitrogens with two attached hydrogens (primary N) is 1. The summed E-state index contributed by atoms with van der Waals surface area (Å²) in [6.45, 7) is 9.09.